The third-order valence-corrected chi connectivity index (χ3v) is 15.1. The molecule has 4 saturated carbocycles. The number of nitrogens with zero attached hydrogens (tertiary/aromatic N) is 4. The zero-order valence-electron chi connectivity index (χ0n) is 38.1. The van der Waals surface area contributed by atoms with Crippen LogP contribution in [0.25, 0.3) is 22.3 Å². The maximum absolute atomic E-state index is 14.3. The zero-order chi connectivity index (χ0) is 46.2. The molecular weight excluding hydrogens is 841 g/mol. The number of aromatic nitrogens is 4. The number of rotatable bonds is 11. The maximum atomic E-state index is 14.3. The SMILES string of the molecule is CC(C)[C@H](NC(=O)OC1CCC1)C(=O)N1CC2(CC2)C[C@H]1c1ncc(-c2ccc(C#Cc3ccc4nc([C@@]5(O)CC6(CC6)CN5C(=O)C(O)(NC(=O)OC5CCC5)C(C)C)[nH]c4c3)cc2)[nH]1. The van der Waals surface area contributed by atoms with Gasteiger partial charge in [0.15, 0.2) is 5.82 Å². The number of nitrogens with one attached hydrogen (secondary N) is 4. The Labute approximate surface area is 384 Å². The molecule has 0 radical (unpaired) electrons. The lowest BCUT2D eigenvalue weighted by Gasteiger charge is -2.40. The Kier molecular flexibility index (Phi) is 11.0. The first-order chi connectivity index (χ1) is 31.5. The predicted molar refractivity (Wildman–Crippen MR) is 242 cm³/mol. The molecule has 6 N–H and O–H groups in total. The van der Waals surface area contributed by atoms with Gasteiger partial charge in [-0.25, -0.2) is 19.6 Å². The highest BCUT2D eigenvalue weighted by Gasteiger charge is 2.64. The molecule has 4 amide bonds. The van der Waals surface area contributed by atoms with E-state index >= 15 is 0 Å². The summed E-state index contributed by atoms with van der Waals surface area (Å²) in [6, 6.07) is 12.4. The number of aliphatic hydroxyl groups is 2. The smallest absolute Gasteiger partial charge is 0.410 e. The van der Waals surface area contributed by atoms with E-state index in [1.165, 1.54) is 4.90 Å². The molecule has 1 unspecified atom stereocenters. The van der Waals surface area contributed by atoms with Crippen LogP contribution in [-0.2, 0) is 24.8 Å². The predicted octanol–water partition coefficient (Wildman–Crippen LogP) is 6.49. The van der Waals surface area contributed by atoms with Gasteiger partial charge < -0.3 is 44.8 Å². The molecule has 2 aromatic carbocycles. The van der Waals surface area contributed by atoms with Crippen molar-refractivity contribution in [2.75, 3.05) is 13.1 Å². The number of fused-ring (bicyclic) bond motifs is 1. The summed E-state index contributed by atoms with van der Waals surface area (Å²) >= 11 is 0. The van der Waals surface area contributed by atoms with Crippen LogP contribution >= 0.6 is 0 Å². The molecule has 4 atom stereocenters. The number of benzene rings is 2. The minimum Gasteiger partial charge on any atom is -0.446 e. The van der Waals surface area contributed by atoms with E-state index in [1.54, 1.807) is 20.0 Å². The number of amides is 4. The average molecular weight is 901 g/mol. The summed E-state index contributed by atoms with van der Waals surface area (Å²) in [4.78, 5) is 73.4. The normalized spacial score (nSPS) is 24.1. The molecule has 4 aromatic rings. The number of carbonyl (C=O) groups is 4. The minimum atomic E-state index is -2.31. The van der Waals surface area contributed by atoms with E-state index in [4.69, 9.17) is 19.4 Å². The van der Waals surface area contributed by atoms with E-state index in [0.29, 0.717) is 23.1 Å². The fourth-order valence-electron chi connectivity index (χ4n) is 9.95. The number of carbonyl (C=O) groups excluding carboxylic acids is 4. The molecule has 6 fully saturated rings. The maximum Gasteiger partial charge on any atom is 0.410 e. The zero-order valence-corrected chi connectivity index (χ0v) is 38.1. The van der Waals surface area contributed by atoms with Gasteiger partial charge in [-0.15, -0.1) is 0 Å². The quantitative estimate of drug-likeness (QED) is 0.0711. The van der Waals surface area contributed by atoms with Crippen molar-refractivity contribution in [1.29, 1.82) is 0 Å². The van der Waals surface area contributed by atoms with Gasteiger partial charge in [-0.3, -0.25) is 14.9 Å². The van der Waals surface area contributed by atoms with Crippen LogP contribution in [-0.4, -0.2) is 101 Å². The number of likely N-dealkylation sites (tertiary alicyclic amines) is 2. The van der Waals surface area contributed by atoms with Gasteiger partial charge in [0, 0.05) is 36.6 Å². The van der Waals surface area contributed by atoms with Crippen LogP contribution in [0.1, 0.15) is 134 Å². The number of hydrogen-bond donors (Lipinski definition) is 6. The van der Waals surface area contributed by atoms with Crippen LogP contribution in [0.3, 0.4) is 0 Å². The molecule has 66 heavy (non-hydrogen) atoms. The van der Waals surface area contributed by atoms with Gasteiger partial charge in [0.1, 0.15) is 24.1 Å². The number of ether oxygens (including phenoxy) is 2. The number of alkyl carbamates (subject to hydrolysis) is 2. The van der Waals surface area contributed by atoms with Crippen molar-refractivity contribution < 1.29 is 38.9 Å². The van der Waals surface area contributed by atoms with Crippen LogP contribution in [0.5, 0.6) is 0 Å². The average Bonchev–Trinajstić information content (AvgIpc) is 3.89. The summed E-state index contributed by atoms with van der Waals surface area (Å²) in [5.41, 5.74) is 0.0718. The second-order valence-electron chi connectivity index (χ2n) is 20.7. The summed E-state index contributed by atoms with van der Waals surface area (Å²) in [5.74, 6) is 5.62. The third kappa shape index (κ3) is 8.29. The van der Waals surface area contributed by atoms with Gasteiger partial charge in [-0.2, -0.15) is 0 Å². The van der Waals surface area contributed by atoms with Crippen molar-refractivity contribution in [2.45, 2.75) is 140 Å². The Morgan fingerprint density at radius 2 is 1.52 bits per heavy atom. The van der Waals surface area contributed by atoms with Gasteiger partial charge in [-0.1, -0.05) is 51.7 Å². The number of imidazole rings is 2. The van der Waals surface area contributed by atoms with E-state index in [2.05, 4.69) is 32.4 Å². The van der Waals surface area contributed by atoms with Gasteiger partial charge >= 0.3 is 12.2 Å². The Morgan fingerprint density at radius 3 is 2.14 bits per heavy atom. The summed E-state index contributed by atoms with van der Waals surface area (Å²) in [6.07, 6.45) is 10.2. The van der Waals surface area contributed by atoms with Crippen molar-refractivity contribution >= 4 is 35.0 Å². The summed E-state index contributed by atoms with van der Waals surface area (Å²) in [5, 5.41) is 29.4. The second kappa shape index (κ2) is 16.4. The first kappa shape index (κ1) is 43.9. The summed E-state index contributed by atoms with van der Waals surface area (Å²) in [7, 11) is 0. The highest BCUT2D eigenvalue weighted by molar-refractivity contribution is 5.90. The molecule has 4 heterocycles. The molecule has 16 heteroatoms. The molecule has 2 aromatic heterocycles. The molecule has 16 nitrogen and oxygen atoms in total. The van der Waals surface area contributed by atoms with E-state index in [1.807, 2.05) is 61.2 Å². The number of hydrogen-bond acceptors (Lipinski definition) is 10. The number of H-pyrrole nitrogens is 2. The van der Waals surface area contributed by atoms with Crippen LogP contribution in [0, 0.1) is 34.5 Å². The monoisotopic (exact) mass is 900 g/mol. The fourth-order valence-corrected chi connectivity index (χ4v) is 9.95. The van der Waals surface area contributed by atoms with Gasteiger partial charge in [0.05, 0.1) is 29.0 Å². The van der Waals surface area contributed by atoms with Gasteiger partial charge in [-0.05, 0) is 123 Å². The molecule has 2 aliphatic heterocycles. The Hall–Kier alpha value is -5.92. The molecule has 4 aliphatic carbocycles. The van der Waals surface area contributed by atoms with Crippen molar-refractivity contribution in [3.8, 4) is 23.1 Å². The molecular formula is C50H60N8O8. The fraction of sp³-hybridized carbons (Fsp3) is 0.560. The van der Waals surface area contributed by atoms with Crippen molar-refractivity contribution in [3.05, 3.63) is 71.4 Å². The van der Waals surface area contributed by atoms with Crippen molar-refractivity contribution in [3.63, 3.8) is 0 Å². The van der Waals surface area contributed by atoms with Crippen molar-refractivity contribution in [1.82, 2.24) is 40.4 Å². The molecule has 348 valence electrons. The second-order valence-corrected chi connectivity index (χ2v) is 20.7. The molecule has 0 bridgehead atoms. The molecule has 10 rings (SSSR count). The lowest BCUT2D eigenvalue weighted by Crippen LogP contribution is -2.65. The standard InChI is InChI=1S/C50H60N8O8/c1-29(2)40(55-45(61)65-34-7-5-8-34)42(59)57-27-47(19-20-47)24-39(57)41-51-25-38(52-41)33-16-13-31(14-17-33)11-12-32-15-18-36-37(23-32)54-43(53-36)49(63)26-48(21-22-48)28-58(49)44(60)50(64,30(3)4)56-46(62)66-35-9-6-10-35/h13-18,23,25,29-30,34-35,39-40,63-64H,5-10,19-22,24,26-28H2,1-4H3,(H,51,52)(H,53,54)(H,55,61)(H,56,62)/t39-,40-,49-,50?/m0/s1. The van der Waals surface area contributed by atoms with E-state index < -0.39 is 41.5 Å². The Bertz CT molecular complexity index is 2610. The molecule has 6 aliphatic rings. The van der Waals surface area contributed by atoms with Gasteiger partial charge in [0.25, 0.3) is 5.91 Å². The largest absolute Gasteiger partial charge is 0.446 e. The minimum absolute atomic E-state index is 0.0683. The summed E-state index contributed by atoms with van der Waals surface area (Å²) < 4.78 is 11.0. The highest BCUT2D eigenvalue weighted by Crippen LogP contribution is 2.60. The summed E-state index contributed by atoms with van der Waals surface area (Å²) in [6.45, 7) is 8.00. The Balaban J connectivity index is 0.823. The molecule has 2 saturated heterocycles. The Morgan fingerprint density at radius 1 is 0.864 bits per heavy atom. The van der Waals surface area contributed by atoms with E-state index in [9.17, 15) is 29.4 Å². The van der Waals surface area contributed by atoms with Crippen LogP contribution in [0.15, 0.2) is 48.7 Å². The first-order valence-corrected chi connectivity index (χ1v) is 23.8. The van der Waals surface area contributed by atoms with Crippen molar-refractivity contribution in [2.24, 2.45) is 22.7 Å². The topological polar surface area (TPSA) is 215 Å². The molecule has 2 spiro atoms. The lowest BCUT2D eigenvalue weighted by molar-refractivity contribution is -0.182. The van der Waals surface area contributed by atoms with Crippen LogP contribution in [0.2, 0.25) is 0 Å². The first-order valence-electron chi connectivity index (χ1n) is 23.8. The van der Waals surface area contributed by atoms with Crippen LogP contribution in [0.4, 0.5) is 9.59 Å². The third-order valence-electron chi connectivity index (χ3n) is 15.1. The van der Waals surface area contributed by atoms with Gasteiger partial charge in [0.2, 0.25) is 17.4 Å². The lowest BCUT2D eigenvalue weighted by atomic mass is 9.96. The van der Waals surface area contributed by atoms with Crippen LogP contribution < -0.4 is 10.6 Å². The van der Waals surface area contributed by atoms with E-state index in [0.717, 1.165) is 93.3 Å². The van der Waals surface area contributed by atoms with E-state index in [-0.39, 0.29) is 59.7 Å². The number of aromatic amines is 2. The highest BCUT2D eigenvalue weighted by atomic mass is 16.6.